The Labute approximate surface area is 135 Å². The number of carbonyl (C=O) groups is 1. The standard InChI is InChI=1S/C15H21Cl2NO3/c1-15(2,9-19)5-4-6-18-14(20)10-7-11(16)13(21-3)12(17)8-10/h7-8,19H,4-6,9H2,1-3H3,(H,18,20). The summed E-state index contributed by atoms with van der Waals surface area (Å²) in [6.07, 6.45) is 1.62. The summed E-state index contributed by atoms with van der Waals surface area (Å²) in [5, 5.41) is 12.6. The Balaban J connectivity index is 2.57. The maximum absolute atomic E-state index is 12.0. The number of methoxy groups -OCH3 is 1. The van der Waals surface area contributed by atoms with Crippen molar-refractivity contribution in [1.82, 2.24) is 5.32 Å². The number of ether oxygens (including phenoxy) is 1. The molecule has 0 fully saturated rings. The highest BCUT2D eigenvalue weighted by atomic mass is 35.5. The Kier molecular flexibility index (Phi) is 6.78. The van der Waals surface area contributed by atoms with Crippen LogP contribution < -0.4 is 10.1 Å². The summed E-state index contributed by atoms with van der Waals surface area (Å²) in [5.74, 6) is 0.128. The van der Waals surface area contributed by atoms with E-state index in [1.54, 1.807) is 0 Å². The molecule has 0 atom stereocenters. The Bertz CT molecular complexity index is 481. The van der Waals surface area contributed by atoms with Gasteiger partial charge >= 0.3 is 0 Å². The zero-order valence-corrected chi connectivity index (χ0v) is 14.0. The monoisotopic (exact) mass is 333 g/mol. The number of halogens is 2. The van der Waals surface area contributed by atoms with Gasteiger partial charge in [0.15, 0.2) is 5.75 Å². The maximum Gasteiger partial charge on any atom is 0.251 e. The summed E-state index contributed by atoms with van der Waals surface area (Å²) < 4.78 is 5.04. The Morgan fingerprint density at radius 2 is 1.90 bits per heavy atom. The number of nitrogens with one attached hydrogen (secondary N) is 1. The largest absolute Gasteiger partial charge is 0.494 e. The van der Waals surface area contributed by atoms with Crippen molar-refractivity contribution in [3.63, 3.8) is 0 Å². The summed E-state index contributed by atoms with van der Waals surface area (Å²) in [5.41, 5.74) is 0.268. The van der Waals surface area contributed by atoms with E-state index >= 15 is 0 Å². The van der Waals surface area contributed by atoms with Crippen LogP contribution in [0.3, 0.4) is 0 Å². The minimum atomic E-state index is -0.233. The van der Waals surface area contributed by atoms with Gasteiger partial charge in [0.2, 0.25) is 0 Å². The number of aliphatic hydroxyl groups excluding tert-OH is 1. The number of carbonyl (C=O) groups excluding carboxylic acids is 1. The summed E-state index contributed by atoms with van der Waals surface area (Å²) in [4.78, 5) is 12.0. The van der Waals surface area contributed by atoms with Gasteiger partial charge in [-0.05, 0) is 30.4 Å². The first-order valence-electron chi connectivity index (χ1n) is 6.73. The van der Waals surface area contributed by atoms with Crippen LogP contribution in [0.5, 0.6) is 5.75 Å². The number of amides is 1. The molecule has 6 heteroatoms. The predicted octanol–water partition coefficient (Wildman–Crippen LogP) is 3.53. The van der Waals surface area contributed by atoms with Gasteiger partial charge in [0.25, 0.3) is 5.91 Å². The third kappa shape index (κ3) is 5.38. The van der Waals surface area contributed by atoms with E-state index in [0.29, 0.717) is 27.9 Å². The number of hydrogen-bond acceptors (Lipinski definition) is 3. The van der Waals surface area contributed by atoms with Crippen LogP contribution in [-0.2, 0) is 0 Å². The molecular formula is C15H21Cl2NO3. The zero-order valence-electron chi connectivity index (χ0n) is 12.5. The average Bonchev–Trinajstić information content (AvgIpc) is 2.43. The van der Waals surface area contributed by atoms with Gasteiger partial charge in [-0.25, -0.2) is 0 Å². The van der Waals surface area contributed by atoms with Crippen LogP contribution in [0, 0.1) is 5.41 Å². The Morgan fingerprint density at radius 1 is 1.33 bits per heavy atom. The van der Waals surface area contributed by atoms with Crippen molar-refractivity contribution in [2.24, 2.45) is 5.41 Å². The van der Waals surface area contributed by atoms with Gasteiger partial charge in [-0.1, -0.05) is 37.0 Å². The van der Waals surface area contributed by atoms with Crippen LogP contribution >= 0.6 is 23.2 Å². The van der Waals surface area contributed by atoms with Crippen molar-refractivity contribution in [1.29, 1.82) is 0 Å². The van der Waals surface area contributed by atoms with E-state index < -0.39 is 0 Å². The van der Waals surface area contributed by atoms with Gasteiger partial charge < -0.3 is 15.2 Å². The molecule has 0 aromatic heterocycles. The normalized spacial score (nSPS) is 11.3. The highest BCUT2D eigenvalue weighted by Crippen LogP contribution is 2.33. The first kappa shape index (κ1) is 18.1. The third-order valence-corrected chi connectivity index (χ3v) is 3.77. The Hall–Kier alpha value is -0.970. The third-order valence-electron chi connectivity index (χ3n) is 3.21. The molecule has 0 saturated heterocycles. The molecule has 4 nitrogen and oxygen atoms in total. The van der Waals surface area contributed by atoms with E-state index in [1.807, 2.05) is 13.8 Å². The summed E-state index contributed by atoms with van der Waals surface area (Å²) in [7, 11) is 1.47. The number of hydrogen-bond donors (Lipinski definition) is 2. The lowest BCUT2D eigenvalue weighted by atomic mass is 9.89. The topological polar surface area (TPSA) is 58.6 Å². The summed E-state index contributed by atoms with van der Waals surface area (Å²) in [6.45, 7) is 4.63. The van der Waals surface area contributed by atoms with Crippen LogP contribution in [0.25, 0.3) is 0 Å². The van der Waals surface area contributed by atoms with Crippen molar-refractivity contribution in [2.75, 3.05) is 20.3 Å². The van der Waals surface area contributed by atoms with Crippen molar-refractivity contribution in [3.05, 3.63) is 27.7 Å². The predicted molar refractivity (Wildman–Crippen MR) is 85.4 cm³/mol. The van der Waals surface area contributed by atoms with Crippen LogP contribution in [0.1, 0.15) is 37.0 Å². The summed E-state index contributed by atoms with van der Waals surface area (Å²) >= 11 is 12.0. The van der Waals surface area contributed by atoms with Gasteiger partial charge in [0, 0.05) is 18.7 Å². The molecule has 21 heavy (non-hydrogen) atoms. The molecule has 0 radical (unpaired) electrons. The molecule has 1 aromatic carbocycles. The first-order chi connectivity index (χ1) is 9.80. The number of benzene rings is 1. The summed E-state index contributed by atoms with van der Waals surface area (Å²) in [6, 6.07) is 3.05. The number of aliphatic hydroxyl groups is 1. The number of rotatable bonds is 7. The van der Waals surface area contributed by atoms with E-state index in [0.717, 1.165) is 12.8 Å². The first-order valence-corrected chi connectivity index (χ1v) is 7.48. The van der Waals surface area contributed by atoms with Crippen LogP contribution in [0.2, 0.25) is 10.0 Å². The lowest BCUT2D eigenvalue weighted by Gasteiger charge is -2.21. The highest BCUT2D eigenvalue weighted by Gasteiger charge is 2.16. The Morgan fingerprint density at radius 3 is 2.38 bits per heavy atom. The van der Waals surface area contributed by atoms with E-state index in [9.17, 15) is 4.79 Å². The van der Waals surface area contributed by atoms with E-state index in [2.05, 4.69) is 5.32 Å². The smallest absolute Gasteiger partial charge is 0.251 e. The molecule has 0 bridgehead atoms. The molecule has 0 spiro atoms. The van der Waals surface area contributed by atoms with Gasteiger partial charge in [0.05, 0.1) is 17.2 Å². The molecule has 0 aliphatic heterocycles. The molecule has 2 N–H and O–H groups in total. The molecule has 118 valence electrons. The minimum absolute atomic E-state index is 0.128. The van der Waals surface area contributed by atoms with E-state index in [1.165, 1.54) is 19.2 Å². The molecule has 1 amide bonds. The SMILES string of the molecule is COc1c(Cl)cc(C(=O)NCCCC(C)(C)CO)cc1Cl. The molecule has 0 aliphatic carbocycles. The van der Waals surface area contributed by atoms with Gasteiger partial charge in [-0.3, -0.25) is 4.79 Å². The minimum Gasteiger partial charge on any atom is -0.494 e. The van der Waals surface area contributed by atoms with Crippen molar-refractivity contribution in [3.8, 4) is 5.75 Å². The lowest BCUT2D eigenvalue weighted by Crippen LogP contribution is -2.26. The molecule has 0 unspecified atom stereocenters. The van der Waals surface area contributed by atoms with E-state index in [4.69, 9.17) is 33.0 Å². The molecule has 1 aromatic rings. The van der Waals surface area contributed by atoms with Crippen molar-refractivity contribution >= 4 is 29.1 Å². The second-order valence-electron chi connectivity index (χ2n) is 5.65. The van der Waals surface area contributed by atoms with Crippen molar-refractivity contribution < 1.29 is 14.6 Å². The molecule has 1 rings (SSSR count). The molecule has 0 saturated carbocycles. The van der Waals surface area contributed by atoms with Gasteiger partial charge in [-0.15, -0.1) is 0 Å². The van der Waals surface area contributed by atoms with Crippen LogP contribution in [0.15, 0.2) is 12.1 Å². The maximum atomic E-state index is 12.0. The second-order valence-corrected chi connectivity index (χ2v) is 6.47. The molecule has 0 heterocycles. The van der Waals surface area contributed by atoms with Crippen molar-refractivity contribution in [2.45, 2.75) is 26.7 Å². The van der Waals surface area contributed by atoms with Gasteiger partial charge in [-0.2, -0.15) is 0 Å². The van der Waals surface area contributed by atoms with Crippen LogP contribution in [-0.4, -0.2) is 31.3 Å². The van der Waals surface area contributed by atoms with Crippen LogP contribution in [0.4, 0.5) is 0 Å². The second kappa shape index (κ2) is 7.87. The van der Waals surface area contributed by atoms with E-state index in [-0.39, 0.29) is 17.9 Å². The molecule has 0 aliphatic rings. The lowest BCUT2D eigenvalue weighted by molar-refractivity contribution is 0.0948. The fraction of sp³-hybridized carbons (Fsp3) is 0.533. The fourth-order valence-electron chi connectivity index (χ4n) is 1.84. The molecular weight excluding hydrogens is 313 g/mol. The van der Waals surface area contributed by atoms with Gasteiger partial charge in [0.1, 0.15) is 0 Å². The fourth-order valence-corrected chi connectivity index (χ4v) is 2.48. The quantitative estimate of drug-likeness (QED) is 0.750. The average molecular weight is 334 g/mol. The zero-order chi connectivity index (χ0) is 16.0. The highest BCUT2D eigenvalue weighted by molar-refractivity contribution is 6.37.